The molecular weight excluding hydrogens is 558 g/mol. The number of carbonyl (C=O) groups is 1. The predicted molar refractivity (Wildman–Crippen MR) is 132 cm³/mol. The third-order valence-electron chi connectivity index (χ3n) is 4.60. The Kier molecular flexibility index (Phi) is 7.49. The van der Waals surface area contributed by atoms with Crippen molar-refractivity contribution in [1.29, 1.82) is 0 Å². The molecule has 2 aromatic rings. The Hall–Kier alpha value is -1.55. The Morgan fingerprint density at radius 2 is 1.97 bits per heavy atom. The van der Waals surface area contributed by atoms with Crippen LogP contribution >= 0.6 is 58.0 Å². The molecule has 0 aromatic heterocycles. The first-order valence-electron chi connectivity index (χ1n) is 9.02. The van der Waals surface area contributed by atoms with E-state index in [1.807, 2.05) is 25.1 Å². The highest BCUT2D eigenvalue weighted by Gasteiger charge is 2.34. The third kappa shape index (κ3) is 4.69. The van der Waals surface area contributed by atoms with Gasteiger partial charge in [0.05, 0.1) is 10.7 Å². The van der Waals surface area contributed by atoms with Gasteiger partial charge in [0.1, 0.15) is 12.3 Å². The number of hydrogen-bond acceptors (Lipinski definition) is 4. The van der Waals surface area contributed by atoms with E-state index < -0.39 is 0 Å². The molecule has 0 aliphatic carbocycles. The highest BCUT2D eigenvalue weighted by molar-refractivity contribution is 14.1. The summed E-state index contributed by atoms with van der Waals surface area (Å²) in [6.45, 7) is 2.69. The van der Waals surface area contributed by atoms with Crippen LogP contribution in [0.3, 0.4) is 0 Å². The second-order valence-corrected chi connectivity index (χ2v) is 8.85. The fourth-order valence-electron chi connectivity index (χ4n) is 3.00. The maximum atomic E-state index is 12.6. The molecule has 158 valence electrons. The van der Waals surface area contributed by atoms with Crippen LogP contribution in [0.5, 0.6) is 11.5 Å². The number of hydrogen-bond donors (Lipinski definition) is 0. The van der Waals surface area contributed by atoms with E-state index in [0.29, 0.717) is 38.9 Å². The van der Waals surface area contributed by atoms with Crippen molar-refractivity contribution in [2.75, 3.05) is 20.7 Å². The van der Waals surface area contributed by atoms with E-state index in [-0.39, 0.29) is 12.5 Å². The van der Waals surface area contributed by atoms with Gasteiger partial charge in [-0.1, -0.05) is 29.3 Å². The van der Waals surface area contributed by atoms with Crippen molar-refractivity contribution in [3.8, 4) is 11.5 Å². The SMILES string of the molecule is CCN1C(=O)/C(=C/c2cc(I)c(OCc3ccc(Cl)cc3Cl)c(OC)c2)N(C)C1=S. The summed E-state index contributed by atoms with van der Waals surface area (Å²) >= 11 is 19.7. The minimum absolute atomic E-state index is 0.114. The first kappa shape index (κ1) is 23.1. The molecule has 1 heterocycles. The van der Waals surface area contributed by atoms with Gasteiger partial charge in [0.15, 0.2) is 16.6 Å². The fraction of sp³-hybridized carbons (Fsp3) is 0.238. The lowest BCUT2D eigenvalue weighted by molar-refractivity contribution is -0.122. The number of nitrogens with zero attached hydrogens (tertiary/aromatic N) is 2. The Morgan fingerprint density at radius 3 is 2.57 bits per heavy atom. The van der Waals surface area contributed by atoms with Crippen molar-refractivity contribution in [1.82, 2.24) is 9.80 Å². The molecule has 1 fully saturated rings. The van der Waals surface area contributed by atoms with Crippen molar-refractivity contribution in [2.24, 2.45) is 0 Å². The predicted octanol–water partition coefficient (Wildman–Crippen LogP) is 5.61. The van der Waals surface area contributed by atoms with Gasteiger partial charge >= 0.3 is 0 Å². The van der Waals surface area contributed by atoms with E-state index in [0.717, 1.165) is 14.7 Å². The van der Waals surface area contributed by atoms with Gasteiger partial charge < -0.3 is 14.4 Å². The molecule has 0 atom stereocenters. The highest BCUT2D eigenvalue weighted by atomic mass is 127. The van der Waals surface area contributed by atoms with Gasteiger partial charge in [-0.3, -0.25) is 9.69 Å². The van der Waals surface area contributed by atoms with Gasteiger partial charge in [-0.15, -0.1) is 0 Å². The van der Waals surface area contributed by atoms with Crippen molar-refractivity contribution < 1.29 is 14.3 Å². The normalized spacial score (nSPS) is 15.3. The number of benzene rings is 2. The summed E-state index contributed by atoms with van der Waals surface area (Å²) in [6.07, 6.45) is 1.80. The molecule has 0 unspecified atom stereocenters. The van der Waals surface area contributed by atoms with E-state index in [2.05, 4.69) is 22.6 Å². The summed E-state index contributed by atoms with van der Waals surface area (Å²) in [4.78, 5) is 15.9. The zero-order valence-corrected chi connectivity index (χ0v) is 21.0. The second-order valence-electron chi connectivity index (χ2n) is 6.48. The fourth-order valence-corrected chi connectivity index (χ4v) is 4.55. The number of rotatable bonds is 6. The van der Waals surface area contributed by atoms with Crippen molar-refractivity contribution >= 4 is 75.1 Å². The maximum Gasteiger partial charge on any atom is 0.276 e. The lowest BCUT2D eigenvalue weighted by Gasteiger charge is -2.15. The minimum Gasteiger partial charge on any atom is -0.493 e. The van der Waals surface area contributed by atoms with Crippen LogP contribution in [0.15, 0.2) is 36.0 Å². The molecule has 9 heteroatoms. The summed E-state index contributed by atoms with van der Waals surface area (Å²) in [5, 5.41) is 1.60. The first-order chi connectivity index (χ1) is 14.3. The Labute approximate surface area is 204 Å². The van der Waals surface area contributed by atoms with Crippen molar-refractivity contribution in [3.63, 3.8) is 0 Å². The molecule has 2 aromatic carbocycles. The van der Waals surface area contributed by atoms with E-state index in [1.165, 1.54) is 0 Å². The van der Waals surface area contributed by atoms with Crippen molar-refractivity contribution in [3.05, 3.63) is 60.8 Å². The molecule has 1 aliphatic rings. The lowest BCUT2D eigenvalue weighted by Crippen LogP contribution is -2.30. The van der Waals surface area contributed by atoms with Crippen molar-refractivity contribution in [2.45, 2.75) is 13.5 Å². The topological polar surface area (TPSA) is 42.0 Å². The Morgan fingerprint density at radius 1 is 1.23 bits per heavy atom. The number of halogens is 3. The summed E-state index contributed by atoms with van der Waals surface area (Å²) < 4.78 is 12.4. The van der Waals surface area contributed by atoms with Crippen LogP contribution in [0.4, 0.5) is 0 Å². The van der Waals surface area contributed by atoms with Crippen LogP contribution in [0.2, 0.25) is 10.0 Å². The van der Waals surface area contributed by atoms with Crippen LogP contribution in [0.1, 0.15) is 18.1 Å². The molecule has 30 heavy (non-hydrogen) atoms. The van der Waals surface area contributed by atoms with Crippen LogP contribution in [0.25, 0.3) is 6.08 Å². The monoisotopic (exact) mass is 576 g/mol. The minimum atomic E-state index is -0.114. The van der Waals surface area contributed by atoms with Crippen LogP contribution in [-0.4, -0.2) is 41.5 Å². The smallest absolute Gasteiger partial charge is 0.276 e. The van der Waals surface area contributed by atoms with E-state index in [1.54, 1.807) is 42.2 Å². The van der Waals surface area contributed by atoms with Gasteiger partial charge in [-0.05, 0) is 77.6 Å². The molecule has 5 nitrogen and oxygen atoms in total. The summed E-state index contributed by atoms with van der Waals surface area (Å²) in [5.74, 6) is 1.04. The standard InChI is InChI=1S/C21H19Cl2IN2O3S/c1-4-26-20(27)17(25(2)21(26)30)8-12-7-16(24)19(18(9-12)28-3)29-11-13-5-6-14(22)10-15(13)23/h5-10H,4,11H2,1-3H3/b17-8-. The average Bonchev–Trinajstić information content (AvgIpc) is 2.90. The number of likely N-dealkylation sites (N-methyl/N-ethyl adjacent to an activating group) is 2. The number of ether oxygens (including phenoxy) is 2. The van der Waals surface area contributed by atoms with E-state index in [9.17, 15) is 4.79 Å². The quantitative estimate of drug-likeness (QED) is 0.254. The first-order valence-corrected chi connectivity index (χ1v) is 11.3. The molecule has 0 radical (unpaired) electrons. The number of methoxy groups -OCH3 is 1. The maximum absolute atomic E-state index is 12.6. The van der Waals surface area contributed by atoms with Gasteiger partial charge in [-0.2, -0.15) is 0 Å². The molecule has 0 bridgehead atoms. The zero-order valence-electron chi connectivity index (χ0n) is 16.5. The molecule has 1 amide bonds. The van der Waals surface area contributed by atoms with Crippen LogP contribution < -0.4 is 9.47 Å². The van der Waals surface area contributed by atoms with E-state index in [4.69, 9.17) is 44.9 Å². The number of amides is 1. The lowest BCUT2D eigenvalue weighted by atomic mass is 10.1. The third-order valence-corrected chi connectivity index (χ3v) is 6.48. The number of carbonyl (C=O) groups excluding carboxylic acids is 1. The summed E-state index contributed by atoms with van der Waals surface area (Å²) in [6, 6.07) is 9.02. The Balaban J connectivity index is 1.89. The molecule has 3 rings (SSSR count). The molecule has 1 saturated heterocycles. The highest BCUT2D eigenvalue weighted by Crippen LogP contribution is 2.36. The molecular formula is C21H19Cl2IN2O3S. The largest absolute Gasteiger partial charge is 0.493 e. The van der Waals surface area contributed by atoms with Gasteiger partial charge in [0.25, 0.3) is 5.91 Å². The molecule has 0 spiro atoms. The summed E-state index contributed by atoms with van der Waals surface area (Å²) in [5.41, 5.74) is 2.14. The summed E-state index contributed by atoms with van der Waals surface area (Å²) in [7, 11) is 3.36. The molecule has 0 N–H and O–H groups in total. The van der Waals surface area contributed by atoms with Crippen LogP contribution in [0, 0.1) is 3.57 Å². The zero-order chi connectivity index (χ0) is 22.0. The van der Waals surface area contributed by atoms with Gasteiger partial charge in [0, 0.05) is 29.2 Å². The van der Waals surface area contributed by atoms with Gasteiger partial charge in [-0.25, -0.2) is 0 Å². The molecule has 0 saturated carbocycles. The van der Waals surface area contributed by atoms with E-state index >= 15 is 0 Å². The van der Waals surface area contributed by atoms with Gasteiger partial charge in [0.2, 0.25) is 0 Å². The number of thiocarbonyl (C=S) groups is 1. The average molecular weight is 577 g/mol. The molecule has 1 aliphatic heterocycles. The second kappa shape index (κ2) is 9.72. The Bertz CT molecular complexity index is 1050. The van der Waals surface area contributed by atoms with Crippen LogP contribution in [-0.2, 0) is 11.4 Å².